The molecule has 0 spiro atoms. The van der Waals surface area contributed by atoms with Crippen molar-refractivity contribution in [2.45, 2.75) is 32.9 Å². The molecule has 0 atom stereocenters. The highest BCUT2D eigenvalue weighted by Gasteiger charge is 2.20. The number of benzene rings is 2. The summed E-state index contributed by atoms with van der Waals surface area (Å²) in [5, 5.41) is 8.50. The summed E-state index contributed by atoms with van der Waals surface area (Å²) in [4.78, 5) is 28.2. The van der Waals surface area contributed by atoms with Gasteiger partial charge in [0, 0.05) is 30.6 Å². The van der Waals surface area contributed by atoms with Crippen molar-refractivity contribution in [1.29, 1.82) is 0 Å². The Morgan fingerprint density at radius 3 is 2.70 bits per heavy atom. The molecule has 1 fully saturated rings. The molecule has 8 heteroatoms. The number of carbonyl (C=O) groups excluding carboxylic acids is 2. The fourth-order valence-electron chi connectivity index (χ4n) is 4.13. The van der Waals surface area contributed by atoms with Gasteiger partial charge in [0.25, 0.3) is 5.91 Å². The summed E-state index contributed by atoms with van der Waals surface area (Å²) in [5.74, 6) is -0.273. The number of nitrogens with zero attached hydrogens (tertiary/aromatic N) is 3. The molecule has 2 aromatic carbocycles. The summed E-state index contributed by atoms with van der Waals surface area (Å²) in [6.07, 6.45) is 1.51. The second-order valence-corrected chi connectivity index (χ2v) is 9.30. The van der Waals surface area contributed by atoms with Gasteiger partial charge in [-0.25, -0.2) is 4.39 Å². The van der Waals surface area contributed by atoms with E-state index in [1.165, 1.54) is 23.5 Å². The van der Waals surface area contributed by atoms with E-state index in [9.17, 15) is 14.0 Å². The predicted molar refractivity (Wildman–Crippen MR) is 127 cm³/mol. The van der Waals surface area contributed by atoms with Crippen LogP contribution in [0.4, 0.5) is 10.1 Å². The second-order valence-electron chi connectivity index (χ2n) is 8.27. The molecule has 6 nitrogen and oxygen atoms in total. The van der Waals surface area contributed by atoms with E-state index in [4.69, 9.17) is 0 Å². The first-order valence-electron chi connectivity index (χ1n) is 10.9. The third-order valence-electron chi connectivity index (χ3n) is 5.81. The first-order chi connectivity index (χ1) is 16.0. The van der Waals surface area contributed by atoms with Crippen LogP contribution in [0, 0.1) is 12.7 Å². The lowest BCUT2D eigenvalue weighted by molar-refractivity contribution is -0.128. The van der Waals surface area contributed by atoms with E-state index in [2.05, 4.69) is 10.4 Å². The molecule has 1 aliphatic heterocycles. The van der Waals surface area contributed by atoms with Crippen molar-refractivity contribution < 1.29 is 14.0 Å². The fraction of sp³-hybridized carbons (Fsp3) is 0.240. The Kier molecular flexibility index (Phi) is 5.68. The number of hydrogen-bond donors (Lipinski definition) is 1. The summed E-state index contributed by atoms with van der Waals surface area (Å²) in [6.45, 7) is 3.76. The van der Waals surface area contributed by atoms with Gasteiger partial charge < -0.3 is 10.2 Å². The largest absolute Gasteiger partial charge is 0.338 e. The first-order valence-corrected chi connectivity index (χ1v) is 11.7. The highest BCUT2D eigenvalue weighted by atomic mass is 32.1. The van der Waals surface area contributed by atoms with Crippen molar-refractivity contribution >= 4 is 39.1 Å². The Hall–Kier alpha value is -3.52. The normalized spacial score (nSPS) is 13.8. The van der Waals surface area contributed by atoms with Crippen LogP contribution in [0.3, 0.4) is 0 Å². The predicted octanol–water partition coefficient (Wildman–Crippen LogP) is 4.97. The number of amides is 2. The molecule has 5 rings (SSSR count). The van der Waals surface area contributed by atoms with Crippen LogP contribution in [0.2, 0.25) is 0 Å². The summed E-state index contributed by atoms with van der Waals surface area (Å²) in [7, 11) is 0. The zero-order valence-corrected chi connectivity index (χ0v) is 19.0. The number of halogens is 1. The van der Waals surface area contributed by atoms with Gasteiger partial charge in [-0.3, -0.25) is 14.3 Å². The van der Waals surface area contributed by atoms with Crippen molar-refractivity contribution in [3.8, 4) is 0 Å². The molecule has 1 aliphatic rings. The number of carbonyl (C=O) groups is 2. The molecule has 0 bridgehead atoms. The van der Waals surface area contributed by atoms with E-state index in [0.29, 0.717) is 30.1 Å². The summed E-state index contributed by atoms with van der Waals surface area (Å²) >= 11 is 1.39. The van der Waals surface area contributed by atoms with Gasteiger partial charge in [0.2, 0.25) is 5.91 Å². The lowest BCUT2D eigenvalue weighted by Gasteiger charge is -2.16. The van der Waals surface area contributed by atoms with Gasteiger partial charge >= 0.3 is 0 Å². The monoisotopic (exact) mass is 462 g/mol. The number of nitrogens with one attached hydrogen (secondary N) is 1. The van der Waals surface area contributed by atoms with Gasteiger partial charge in [0.05, 0.1) is 17.1 Å². The van der Waals surface area contributed by atoms with E-state index in [1.54, 1.807) is 12.1 Å². The minimum atomic E-state index is -0.272. The van der Waals surface area contributed by atoms with Gasteiger partial charge in [-0.05, 0) is 54.8 Å². The zero-order chi connectivity index (χ0) is 22.9. The molecule has 0 saturated carbocycles. The number of hydrogen-bond acceptors (Lipinski definition) is 4. The quantitative estimate of drug-likeness (QED) is 0.440. The fourth-order valence-corrected chi connectivity index (χ4v) is 5.18. The van der Waals surface area contributed by atoms with E-state index < -0.39 is 0 Å². The molecule has 2 amide bonds. The molecular weight excluding hydrogens is 439 g/mol. The highest BCUT2D eigenvalue weighted by Crippen LogP contribution is 2.29. The lowest BCUT2D eigenvalue weighted by Crippen LogP contribution is -2.23. The Bertz CT molecular complexity index is 1340. The van der Waals surface area contributed by atoms with Crippen molar-refractivity contribution in [3.05, 3.63) is 82.1 Å². The Labute approximate surface area is 194 Å². The molecule has 168 valence electrons. The van der Waals surface area contributed by atoms with Gasteiger partial charge in [-0.2, -0.15) is 5.10 Å². The maximum absolute atomic E-state index is 13.2. The standard InChI is InChI=1S/C25H23FN4O2S/c1-16-21-13-22(33-25(21)30(28-16)15-17-7-9-19(26)10-8-17)24(32)27-20-5-2-4-18(12-20)14-29-11-3-6-23(29)31/h2,4-5,7-10,12-13H,3,6,11,14-15H2,1H3,(H,27,32). The Morgan fingerprint density at radius 1 is 1.12 bits per heavy atom. The van der Waals surface area contributed by atoms with E-state index >= 15 is 0 Å². The van der Waals surface area contributed by atoms with Gasteiger partial charge in [0.1, 0.15) is 10.6 Å². The van der Waals surface area contributed by atoms with E-state index in [1.807, 2.05) is 46.8 Å². The molecule has 0 radical (unpaired) electrons. The molecule has 3 heterocycles. The molecule has 33 heavy (non-hydrogen) atoms. The number of likely N-dealkylation sites (tertiary alicyclic amines) is 1. The zero-order valence-electron chi connectivity index (χ0n) is 18.2. The van der Waals surface area contributed by atoms with Crippen molar-refractivity contribution in [3.63, 3.8) is 0 Å². The van der Waals surface area contributed by atoms with Crippen LogP contribution in [0.1, 0.15) is 39.3 Å². The minimum Gasteiger partial charge on any atom is -0.338 e. The average molecular weight is 463 g/mol. The third-order valence-corrected chi connectivity index (χ3v) is 6.95. The van der Waals surface area contributed by atoms with Gasteiger partial charge in [-0.1, -0.05) is 24.3 Å². The third kappa shape index (κ3) is 4.52. The van der Waals surface area contributed by atoms with E-state index in [-0.39, 0.29) is 17.6 Å². The van der Waals surface area contributed by atoms with Crippen LogP contribution in [0.25, 0.3) is 10.2 Å². The second kappa shape index (κ2) is 8.78. The van der Waals surface area contributed by atoms with Crippen LogP contribution >= 0.6 is 11.3 Å². The number of aromatic nitrogens is 2. The molecule has 4 aromatic rings. The molecule has 0 unspecified atom stereocenters. The number of fused-ring (bicyclic) bond motifs is 1. The van der Waals surface area contributed by atoms with Crippen LogP contribution < -0.4 is 5.32 Å². The minimum absolute atomic E-state index is 0.180. The summed E-state index contributed by atoms with van der Waals surface area (Å²) in [6, 6.07) is 15.8. The maximum Gasteiger partial charge on any atom is 0.265 e. The lowest BCUT2D eigenvalue weighted by atomic mass is 10.2. The topological polar surface area (TPSA) is 67.2 Å². The molecule has 2 aromatic heterocycles. The Balaban J connectivity index is 1.33. The van der Waals surface area contributed by atoms with Gasteiger partial charge in [-0.15, -0.1) is 11.3 Å². The van der Waals surface area contributed by atoms with Crippen LogP contribution in [-0.2, 0) is 17.9 Å². The number of anilines is 1. The number of aryl methyl sites for hydroxylation is 1. The molecular formula is C25H23FN4O2S. The molecule has 1 N–H and O–H groups in total. The van der Waals surface area contributed by atoms with Crippen molar-refractivity contribution in [2.24, 2.45) is 0 Å². The average Bonchev–Trinajstić information content (AvgIpc) is 3.48. The van der Waals surface area contributed by atoms with Crippen molar-refractivity contribution in [2.75, 3.05) is 11.9 Å². The Morgan fingerprint density at radius 2 is 1.94 bits per heavy atom. The SMILES string of the molecule is Cc1nn(Cc2ccc(F)cc2)c2sc(C(=O)Nc3cccc(CN4CCCC4=O)c3)cc12. The highest BCUT2D eigenvalue weighted by molar-refractivity contribution is 7.20. The molecule has 1 saturated heterocycles. The molecule has 0 aliphatic carbocycles. The summed E-state index contributed by atoms with van der Waals surface area (Å²) < 4.78 is 15.1. The smallest absolute Gasteiger partial charge is 0.265 e. The van der Waals surface area contributed by atoms with Crippen LogP contribution in [-0.4, -0.2) is 33.0 Å². The maximum atomic E-state index is 13.2. The van der Waals surface area contributed by atoms with E-state index in [0.717, 1.165) is 40.0 Å². The summed E-state index contributed by atoms with van der Waals surface area (Å²) in [5.41, 5.74) is 3.48. The first kappa shape index (κ1) is 21.3. The van der Waals surface area contributed by atoms with Crippen LogP contribution in [0.15, 0.2) is 54.6 Å². The number of thiophene rings is 1. The van der Waals surface area contributed by atoms with Gasteiger partial charge in [0.15, 0.2) is 0 Å². The van der Waals surface area contributed by atoms with Crippen LogP contribution in [0.5, 0.6) is 0 Å². The number of rotatable bonds is 6. The van der Waals surface area contributed by atoms with Crippen molar-refractivity contribution in [1.82, 2.24) is 14.7 Å².